The Morgan fingerprint density at radius 1 is 0.969 bits per heavy atom. The van der Waals surface area contributed by atoms with Gasteiger partial charge in [-0.25, -0.2) is 4.63 Å². The van der Waals surface area contributed by atoms with Crippen molar-refractivity contribution in [3.63, 3.8) is 0 Å². The molecule has 168 valence electrons. The molecular weight excluding hydrogens is 432 g/mol. The van der Waals surface area contributed by atoms with E-state index in [1.54, 1.807) is 0 Å². The average molecular weight is 457 g/mol. The van der Waals surface area contributed by atoms with Crippen molar-refractivity contribution in [1.82, 2.24) is 10.3 Å². The SMILES string of the molecule is CC1CCN(c2cc(N3CCN(c4cccc(Cl)c4)CC3)c3nonc3c2[N+](=O)[O-])CC1. The maximum absolute atomic E-state index is 12.0. The van der Waals surface area contributed by atoms with Gasteiger partial charge in [0.15, 0.2) is 5.52 Å². The van der Waals surface area contributed by atoms with E-state index in [9.17, 15) is 10.1 Å². The second-order valence-electron chi connectivity index (χ2n) is 8.61. The van der Waals surface area contributed by atoms with Crippen LogP contribution in [-0.2, 0) is 0 Å². The first-order chi connectivity index (χ1) is 15.5. The second kappa shape index (κ2) is 8.46. The van der Waals surface area contributed by atoms with Gasteiger partial charge in [0, 0.05) is 50.0 Å². The Bertz CT molecular complexity index is 1140. The fourth-order valence-corrected chi connectivity index (χ4v) is 4.87. The number of rotatable bonds is 4. The summed E-state index contributed by atoms with van der Waals surface area (Å²) in [4.78, 5) is 18.2. The number of fused-ring (bicyclic) bond motifs is 1. The van der Waals surface area contributed by atoms with E-state index < -0.39 is 0 Å². The Morgan fingerprint density at radius 2 is 1.62 bits per heavy atom. The zero-order chi connectivity index (χ0) is 22.2. The van der Waals surface area contributed by atoms with E-state index in [0.717, 1.165) is 68.5 Å². The predicted octanol–water partition coefficient (Wildman–Crippen LogP) is 4.35. The van der Waals surface area contributed by atoms with Crippen LogP contribution in [0.15, 0.2) is 35.0 Å². The largest absolute Gasteiger partial charge is 0.368 e. The number of nitrogens with zero attached hydrogens (tertiary/aromatic N) is 6. The van der Waals surface area contributed by atoms with E-state index in [-0.39, 0.29) is 16.1 Å². The van der Waals surface area contributed by atoms with Gasteiger partial charge in [-0.2, -0.15) is 0 Å². The zero-order valence-electron chi connectivity index (χ0n) is 17.9. The summed E-state index contributed by atoms with van der Waals surface area (Å²) in [5, 5.41) is 20.7. The summed E-state index contributed by atoms with van der Waals surface area (Å²) in [5.74, 6) is 0.627. The number of anilines is 3. The third-order valence-electron chi connectivity index (χ3n) is 6.57. The number of piperidine rings is 1. The molecule has 2 aliphatic heterocycles. The summed E-state index contributed by atoms with van der Waals surface area (Å²) in [6.07, 6.45) is 2.03. The second-order valence-corrected chi connectivity index (χ2v) is 9.04. The lowest BCUT2D eigenvalue weighted by molar-refractivity contribution is -0.382. The minimum atomic E-state index is -0.360. The number of nitro groups is 1. The molecule has 0 amide bonds. The first-order valence-electron chi connectivity index (χ1n) is 11.0. The quantitative estimate of drug-likeness (QED) is 0.422. The standard InChI is InChI=1S/C22H25ClN6O3/c1-15-5-7-27(8-6-15)19-14-18(20-21(25-32-24-20)22(19)29(30)31)28-11-9-26(10-12-28)17-4-2-3-16(23)13-17/h2-4,13-15H,5-12H2,1H3. The Kier molecular flexibility index (Phi) is 5.50. The lowest BCUT2D eigenvalue weighted by atomic mass is 9.98. The molecule has 3 aromatic rings. The number of halogens is 1. The molecule has 5 rings (SSSR count). The van der Waals surface area contributed by atoms with Crippen LogP contribution in [0.1, 0.15) is 19.8 Å². The summed E-state index contributed by atoms with van der Waals surface area (Å²) in [5.41, 5.74) is 3.19. The highest BCUT2D eigenvalue weighted by molar-refractivity contribution is 6.30. The highest BCUT2D eigenvalue weighted by Gasteiger charge is 2.32. The molecule has 0 N–H and O–H groups in total. The first kappa shape index (κ1) is 20.8. The Morgan fingerprint density at radius 3 is 2.31 bits per heavy atom. The van der Waals surface area contributed by atoms with Gasteiger partial charge in [-0.15, -0.1) is 0 Å². The maximum Gasteiger partial charge on any atom is 0.323 e. The number of hydrogen-bond donors (Lipinski definition) is 0. The van der Waals surface area contributed by atoms with Gasteiger partial charge in [0.2, 0.25) is 5.52 Å². The van der Waals surface area contributed by atoms with E-state index >= 15 is 0 Å². The Hall–Kier alpha value is -3.07. The lowest BCUT2D eigenvalue weighted by Gasteiger charge is -2.38. The van der Waals surface area contributed by atoms with Gasteiger partial charge in [-0.3, -0.25) is 10.1 Å². The Balaban J connectivity index is 1.47. The van der Waals surface area contributed by atoms with Gasteiger partial charge in [0.1, 0.15) is 5.69 Å². The molecule has 0 spiro atoms. The first-order valence-corrected chi connectivity index (χ1v) is 11.3. The van der Waals surface area contributed by atoms with Crippen LogP contribution in [-0.4, -0.2) is 54.5 Å². The summed E-state index contributed by atoms with van der Waals surface area (Å²) in [6.45, 7) is 6.93. The van der Waals surface area contributed by atoms with Gasteiger partial charge < -0.3 is 14.7 Å². The van der Waals surface area contributed by atoms with E-state index in [0.29, 0.717) is 17.1 Å². The summed E-state index contributed by atoms with van der Waals surface area (Å²) >= 11 is 6.16. The van der Waals surface area contributed by atoms with Gasteiger partial charge >= 0.3 is 5.69 Å². The number of hydrogen-bond acceptors (Lipinski definition) is 8. The van der Waals surface area contributed by atoms with Crippen LogP contribution in [0.4, 0.5) is 22.7 Å². The molecule has 1 aromatic heterocycles. The van der Waals surface area contributed by atoms with Crippen molar-refractivity contribution in [3.8, 4) is 0 Å². The molecule has 2 saturated heterocycles. The highest BCUT2D eigenvalue weighted by atomic mass is 35.5. The summed E-state index contributed by atoms with van der Waals surface area (Å²) in [7, 11) is 0. The minimum absolute atomic E-state index is 0.0166. The fourth-order valence-electron chi connectivity index (χ4n) is 4.69. The average Bonchev–Trinajstić information content (AvgIpc) is 3.28. The van der Waals surface area contributed by atoms with Crippen molar-refractivity contribution in [2.24, 2.45) is 5.92 Å². The van der Waals surface area contributed by atoms with Crippen molar-refractivity contribution < 1.29 is 9.55 Å². The summed E-state index contributed by atoms with van der Waals surface area (Å²) < 4.78 is 4.98. The van der Waals surface area contributed by atoms with Gasteiger partial charge in [0.25, 0.3) is 0 Å². The van der Waals surface area contributed by atoms with E-state index in [1.165, 1.54) is 0 Å². The molecule has 2 aliphatic rings. The molecule has 0 bridgehead atoms. The van der Waals surface area contributed by atoms with E-state index in [4.69, 9.17) is 16.2 Å². The lowest BCUT2D eigenvalue weighted by Crippen LogP contribution is -2.46. The zero-order valence-corrected chi connectivity index (χ0v) is 18.7. The van der Waals surface area contributed by atoms with Crippen molar-refractivity contribution in [3.05, 3.63) is 45.5 Å². The molecule has 0 radical (unpaired) electrons. The Labute approximate surface area is 190 Å². The number of nitro benzene ring substituents is 1. The number of piperazine rings is 1. The predicted molar refractivity (Wildman–Crippen MR) is 125 cm³/mol. The minimum Gasteiger partial charge on any atom is -0.368 e. The van der Waals surface area contributed by atoms with Crippen LogP contribution in [0.25, 0.3) is 11.0 Å². The maximum atomic E-state index is 12.0. The van der Waals surface area contributed by atoms with Gasteiger partial charge in [-0.05, 0) is 53.3 Å². The number of aromatic nitrogens is 2. The van der Waals surface area contributed by atoms with Crippen LogP contribution >= 0.6 is 11.6 Å². The molecule has 3 heterocycles. The van der Waals surface area contributed by atoms with Crippen LogP contribution in [0.5, 0.6) is 0 Å². The molecule has 0 atom stereocenters. The molecule has 10 heteroatoms. The third kappa shape index (κ3) is 3.81. The molecular formula is C22H25ClN6O3. The van der Waals surface area contributed by atoms with Gasteiger partial charge in [0.05, 0.1) is 10.6 Å². The molecule has 2 fully saturated rings. The van der Waals surface area contributed by atoms with Crippen LogP contribution < -0.4 is 14.7 Å². The molecule has 0 unspecified atom stereocenters. The smallest absolute Gasteiger partial charge is 0.323 e. The van der Waals surface area contributed by atoms with Crippen LogP contribution in [0.2, 0.25) is 5.02 Å². The summed E-state index contributed by atoms with van der Waals surface area (Å²) in [6, 6.07) is 9.77. The molecule has 9 nitrogen and oxygen atoms in total. The number of benzene rings is 2. The normalized spacial score (nSPS) is 17.9. The van der Waals surface area contributed by atoms with Crippen LogP contribution in [0.3, 0.4) is 0 Å². The topological polar surface area (TPSA) is 91.8 Å². The third-order valence-corrected chi connectivity index (χ3v) is 6.81. The molecule has 0 saturated carbocycles. The van der Waals surface area contributed by atoms with Crippen molar-refractivity contribution in [2.45, 2.75) is 19.8 Å². The van der Waals surface area contributed by atoms with Crippen molar-refractivity contribution in [2.75, 3.05) is 54.0 Å². The fraction of sp³-hybridized carbons (Fsp3) is 0.455. The van der Waals surface area contributed by atoms with Crippen molar-refractivity contribution >= 4 is 45.4 Å². The van der Waals surface area contributed by atoms with Crippen LogP contribution in [0, 0.1) is 16.0 Å². The monoisotopic (exact) mass is 456 g/mol. The highest BCUT2D eigenvalue weighted by Crippen LogP contribution is 2.41. The van der Waals surface area contributed by atoms with E-state index in [2.05, 4.69) is 38.0 Å². The molecule has 2 aromatic carbocycles. The molecule has 32 heavy (non-hydrogen) atoms. The van der Waals surface area contributed by atoms with E-state index in [1.807, 2.05) is 24.3 Å². The van der Waals surface area contributed by atoms with Crippen molar-refractivity contribution in [1.29, 1.82) is 0 Å². The van der Waals surface area contributed by atoms with Gasteiger partial charge in [-0.1, -0.05) is 24.6 Å². The molecule has 0 aliphatic carbocycles.